The second kappa shape index (κ2) is 7.85. The minimum absolute atomic E-state index is 0.000519. The van der Waals surface area contributed by atoms with Crippen molar-refractivity contribution in [1.82, 2.24) is 4.72 Å². The predicted octanol–water partition coefficient (Wildman–Crippen LogP) is 2.20. The van der Waals surface area contributed by atoms with E-state index in [9.17, 15) is 18.0 Å². The summed E-state index contributed by atoms with van der Waals surface area (Å²) in [6.45, 7) is 1.33. The summed E-state index contributed by atoms with van der Waals surface area (Å²) in [5.74, 6) is -0.504. The zero-order valence-electron chi connectivity index (χ0n) is 13.2. The van der Waals surface area contributed by atoms with Crippen molar-refractivity contribution in [3.63, 3.8) is 0 Å². The fourth-order valence-electron chi connectivity index (χ4n) is 2.01. The summed E-state index contributed by atoms with van der Waals surface area (Å²) in [6, 6.07) is 14.7. The Kier molecular flexibility index (Phi) is 5.83. The molecule has 0 bridgehead atoms. The molecule has 2 aromatic rings. The number of nitrogens with one attached hydrogen (secondary N) is 2. The summed E-state index contributed by atoms with van der Waals surface area (Å²) >= 11 is 0. The van der Waals surface area contributed by atoms with Crippen LogP contribution in [0.15, 0.2) is 59.5 Å². The van der Waals surface area contributed by atoms with E-state index >= 15 is 0 Å². The van der Waals surface area contributed by atoms with E-state index in [0.29, 0.717) is 11.3 Å². The molecule has 0 aliphatic rings. The van der Waals surface area contributed by atoms with Gasteiger partial charge in [0.15, 0.2) is 5.78 Å². The Morgan fingerprint density at radius 1 is 1.00 bits per heavy atom. The third-order valence-electron chi connectivity index (χ3n) is 3.25. The number of para-hydroxylation sites is 1. The van der Waals surface area contributed by atoms with Crippen LogP contribution in [0.5, 0.6) is 0 Å². The van der Waals surface area contributed by atoms with Gasteiger partial charge in [0.2, 0.25) is 15.9 Å². The molecule has 0 atom stereocenters. The number of Topliss-reactive ketones (excluding diaryl/α,β-unsaturated/α-hetero) is 1. The van der Waals surface area contributed by atoms with Gasteiger partial charge < -0.3 is 5.32 Å². The molecule has 2 N–H and O–H groups in total. The molecular formula is C17H18N2O4S. The maximum atomic E-state index is 12.2. The van der Waals surface area contributed by atoms with Crippen LogP contribution >= 0.6 is 0 Å². The van der Waals surface area contributed by atoms with Crippen LogP contribution in [-0.2, 0) is 14.8 Å². The summed E-state index contributed by atoms with van der Waals surface area (Å²) in [5.41, 5.74) is 0.971. The van der Waals surface area contributed by atoms with E-state index in [1.54, 1.807) is 30.3 Å². The molecule has 1 amide bonds. The lowest BCUT2D eigenvalue weighted by molar-refractivity contribution is -0.116. The number of carbonyl (C=O) groups excluding carboxylic acids is 2. The first-order valence-electron chi connectivity index (χ1n) is 7.34. The topological polar surface area (TPSA) is 92.3 Å². The first-order chi connectivity index (χ1) is 11.4. The third-order valence-corrected chi connectivity index (χ3v) is 4.71. The summed E-state index contributed by atoms with van der Waals surface area (Å²) < 4.78 is 26.7. The molecule has 0 saturated heterocycles. The minimum Gasteiger partial charge on any atom is -0.326 e. The van der Waals surface area contributed by atoms with Crippen molar-refractivity contribution in [3.05, 3.63) is 60.2 Å². The standard InChI is InChI=1S/C17H18N2O4S/c1-13(20)14-6-5-9-16(12-14)24(22,23)18-11-10-17(21)19-15-7-3-2-4-8-15/h2-9,12,18H,10-11H2,1H3,(H,19,21). The number of benzene rings is 2. The van der Waals surface area contributed by atoms with Crippen molar-refractivity contribution in [1.29, 1.82) is 0 Å². The lowest BCUT2D eigenvalue weighted by atomic mass is 10.2. The number of hydrogen-bond acceptors (Lipinski definition) is 4. The molecule has 0 radical (unpaired) electrons. The normalized spacial score (nSPS) is 11.0. The van der Waals surface area contributed by atoms with Crippen molar-refractivity contribution < 1.29 is 18.0 Å². The number of rotatable bonds is 7. The van der Waals surface area contributed by atoms with E-state index in [1.807, 2.05) is 6.07 Å². The number of anilines is 1. The van der Waals surface area contributed by atoms with E-state index in [4.69, 9.17) is 0 Å². The molecule has 0 aromatic heterocycles. The van der Waals surface area contributed by atoms with Crippen LogP contribution in [0.4, 0.5) is 5.69 Å². The predicted molar refractivity (Wildman–Crippen MR) is 91.3 cm³/mol. The molecule has 126 valence electrons. The van der Waals surface area contributed by atoms with Crippen LogP contribution in [0.1, 0.15) is 23.7 Å². The van der Waals surface area contributed by atoms with E-state index < -0.39 is 10.0 Å². The Labute approximate surface area is 140 Å². The first kappa shape index (κ1) is 17.8. The van der Waals surface area contributed by atoms with Gasteiger partial charge in [-0.3, -0.25) is 9.59 Å². The molecule has 7 heteroatoms. The molecule has 2 aromatic carbocycles. The van der Waals surface area contributed by atoms with Gasteiger partial charge in [-0.15, -0.1) is 0 Å². The van der Waals surface area contributed by atoms with Gasteiger partial charge in [-0.25, -0.2) is 13.1 Å². The third kappa shape index (κ3) is 5.00. The second-order valence-corrected chi connectivity index (χ2v) is 6.91. The fourth-order valence-corrected chi connectivity index (χ4v) is 3.09. The van der Waals surface area contributed by atoms with E-state index in [2.05, 4.69) is 10.0 Å². The van der Waals surface area contributed by atoms with Crippen LogP contribution in [-0.4, -0.2) is 26.7 Å². The molecule has 2 rings (SSSR count). The molecule has 0 spiro atoms. The smallest absolute Gasteiger partial charge is 0.240 e. The highest BCUT2D eigenvalue weighted by atomic mass is 32.2. The molecule has 0 fully saturated rings. The molecular weight excluding hydrogens is 328 g/mol. The van der Waals surface area contributed by atoms with Gasteiger partial charge in [0.25, 0.3) is 0 Å². The van der Waals surface area contributed by atoms with Gasteiger partial charge in [-0.05, 0) is 31.2 Å². The molecule has 0 aliphatic heterocycles. The van der Waals surface area contributed by atoms with Crippen LogP contribution in [0.2, 0.25) is 0 Å². The van der Waals surface area contributed by atoms with Crippen molar-refractivity contribution in [3.8, 4) is 0 Å². The summed E-state index contributed by atoms with van der Waals surface area (Å²) in [4.78, 5) is 23.1. The van der Waals surface area contributed by atoms with Crippen LogP contribution in [0, 0.1) is 0 Å². The number of carbonyl (C=O) groups is 2. The SMILES string of the molecule is CC(=O)c1cccc(S(=O)(=O)NCCC(=O)Nc2ccccc2)c1. The van der Waals surface area contributed by atoms with E-state index in [1.165, 1.54) is 25.1 Å². The highest BCUT2D eigenvalue weighted by Crippen LogP contribution is 2.12. The fraction of sp³-hybridized carbons (Fsp3) is 0.176. The van der Waals surface area contributed by atoms with Gasteiger partial charge in [0.05, 0.1) is 4.90 Å². The van der Waals surface area contributed by atoms with Crippen LogP contribution < -0.4 is 10.0 Å². The van der Waals surface area contributed by atoms with Crippen molar-refractivity contribution >= 4 is 27.4 Å². The molecule has 0 unspecified atom stereocenters. The zero-order valence-corrected chi connectivity index (χ0v) is 14.0. The number of amides is 1. The Hall–Kier alpha value is -2.51. The highest BCUT2D eigenvalue weighted by molar-refractivity contribution is 7.89. The van der Waals surface area contributed by atoms with E-state index in [-0.39, 0.29) is 29.6 Å². The van der Waals surface area contributed by atoms with Crippen LogP contribution in [0.25, 0.3) is 0 Å². The molecule has 0 saturated carbocycles. The van der Waals surface area contributed by atoms with Gasteiger partial charge in [0, 0.05) is 24.2 Å². The number of ketones is 1. The first-order valence-corrected chi connectivity index (χ1v) is 8.82. The largest absolute Gasteiger partial charge is 0.326 e. The van der Waals surface area contributed by atoms with Gasteiger partial charge in [0.1, 0.15) is 0 Å². The zero-order chi connectivity index (χ0) is 17.6. The summed E-state index contributed by atoms with van der Waals surface area (Å²) in [5, 5.41) is 2.67. The Morgan fingerprint density at radius 3 is 2.38 bits per heavy atom. The Bertz CT molecular complexity index is 833. The molecule has 24 heavy (non-hydrogen) atoms. The Balaban J connectivity index is 1.92. The maximum Gasteiger partial charge on any atom is 0.240 e. The molecule has 6 nitrogen and oxygen atoms in total. The van der Waals surface area contributed by atoms with Crippen molar-refractivity contribution in [2.75, 3.05) is 11.9 Å². The van der Waals surface area contributed by atoms with E-state index in [0.717, 1.165) is 0 Å². The quantitative estimate of drug-likeness (QED) is 0.752. The number of sulfonamides is 1. The van der Waals surface area contributed by atoms with Crippen LogP contribution in [0.3, 0.4) is 0 Å². The monoisotopic (exact) mass is 346 g/mol. The van der Waals surface area contributed by atoms with Gasteiger partial charge in [-0.1, -0.05) is 30.3 Å². The summed E-state index contributed by atoms with van der Waals surface area (Å²) in [7, 11) is -3.77. The summed E-state index contributed by atoms with van der Waals surface area (Å²) in [6.07, 6.45) is 0.000519. The molecule has 0 aliphatic carbocycles. The lowest BCUT2D eigenvalue weighted by Gasteiger charge is -2.08. The Morgan fingerprint density at radius 2 is 1.71 bits per heavy atom. The lowest BCUT2D eigenvalue weighted by Crippen LogP contribution is -2.28. The molecule has 0 heterocycles. The number of hydrogen-bond donors (Lipinski definition) is 2. The average Bonchev–Trinajstić information content (AvgIpc) is 2.55. The second-order valence-electron chi connectivity index (χ2n) is 5.15. The van der Waals surface area contributed by atoms with Gasteiger partial charge in [-0.2, -0.15) is 0 Å². The minimum atomic E-state index is -3.77. The van der Waals surface area contributed by atoms with Gasteiger partial charge >= 0.3 is 0 Å². The van der Waals surface area contributed by atoms with Crippen molar-refractivity contribution in [2.24, 2.45) is 0 Å². The van der Waals surface area contributed by atoms with Crippen molar-refractivity contribution in [2.45, 2.75) is 18.2 Å². The highest BCUT2D eigenvalue weighted by Gasteiger charge is 2.15. The average molecular weight is 346 g/mol. The maximum absolute atomic E-state index is 12.2.